The van der Waals surface area contributed by atoms with Gasteiger partial charge in [-0.15, -0.1) is 0 Å². The maximum atomic E-state index is 5.51. The van der Waals surface area contributed by atoms with Crippen LogP contribution < -0.4 is 0 Å². The van der Waals surface area contributed by atoms with Crippen LogP contribution in [0.2, 0.25) is 0 Å². The molecule has 0 N–H and O–H groups in total. The van der Waals surface area contributed by atoms with Gasteiger partial charge in [0, 0.05) is 48.7 Å². The van der Waals surface area contributed by atoms with E-state index in [1.165, 1.54) is 70.8 Å². The third-order valence-electron chi connectivity index (χ3n) is 12.0. The minimum atomic E-state index is 0.662. The highest BCUT2D eigenvalue weighted by Crippen LogP contribution is 2.43. The fourth-order valence-corrected chi connectivity index (χ4v) is 9.57. The van der Waals surface area contributed by atoms with Crippen molar-refractivity contribution in [3.63, 3.8) is 0 Å². The minimum absolute atomic E-state index is 0.662. The van der Waals surface area contributed by atoms with E-state index in [0.717, 1.165) is 44.0 Å². The van der Waals surface area contributed by atoms with Crippen molar-refractivity contribution in [3.05, 3.63) is 182 Å². The van der Waals surface area contributed by atoms with Crippen LogP contribution in [0.5, 0.6) is 0 Å². The van der Waals surface area contributed by atoms with Gasteiger partial charge < -0.3 is 4.40 Å². The number of fused-ring (bicyclic) bond motifs is 13. The second kappa shape index (κ2) is 11.0. The van der Waals surface area contributed by atoms with E-state index in [9.17, 15) is 0 Å². The summed E-state index contributed by atoms with van der Waals surface area (Å²) in [6.07, 6.45) is 0. The van der Waals surface area contributed by atoms with Crippen molar-refractivity contribution in [1.82, 2.24) is 18.9 Å². The summed E-state index contributed by atoms with van der Waals surface area (Å²) in [6, 6.07) is 65.9. The highest BCUT2D eigenvalue weighted by molar-refractivity contribution is 6.24. The molecule has 0 saturated heterocycles. The quantitative estimate of drug-likeness (QED) is 0.171. The van der Waals surface area contributed by atoms with Crippen LogP contribution in [0.3, 0.4) is 0 Å². The first-order valence-corrected chi connectivity index (χ1v) is 19.2. The van der Waals surface area contributed by atoms with E-state index in [2.05, 4.69) is 191 Å². The van der Waals surface area contributed by atoms with Crippen molar-refractivity contribution in [1.29, 1.82) is 0 Å². The van der Waals surface area contributed by atoms with Crippen molar-refractivity contribution < 1.29 is 0 Å². The summed E-state index contributed by atoms with van der Waals surface area (Å²) in [5, 5.41) is 13.1. The van der Waals surface area contributed by atoms with Crippen LogP contribution in [0.25, 0.3) is 121 Å². The lowest BCUT2D eigenvalue weighted by Crippen LogP contribution is -2.04. The Balaban J connectivity index is 1.09. The number of para-hydroxylation sites is 3. The van der Waals surface area contributed by atoms with E-state index < -0.39 is 0 Å². The molecule has 0 radical (unpaired) electrons. The van der Waals surface area contributed by atoms with E-state index in [-0.39, 0.29) is 0 Å². The van der Waals surface area contributed by atoms with Gasteiger partial charge >= 0.3 is 0 Å². The Hall–Kier alpha value is -7.56. The molecule has 0 aliphatic heterocycles. The van der Waals surface area contributed by atoms with Gasteiger partial charge in [-0.3, -0.25) is 4.57 Å². The molecule has 56 heavy (non-hydrogen) atoms. The Morgan fingerprint density at radius 2 is 0.893 bits per heavy atom. The fourth-order valence-electron chi connectivity index (χ4n) is 9.57. The van der Waals surface area contributed by atoms with Gasteiger partial charge in [0.05, 0.1) is 38.8 Å². The summed E-state index contributed by atoms with van der Waals surface area (Å²) in [7, 11) is 0. The molecular formula is C52H30N4. The van der Waals surface area contributed by atoms with E-state index in [1.54, 1.807) is 0 Å². The van der Waals surface area contributed by atoms with Gasteiger partial charge in [-0.25, -0.2) is 9.97 Å². The van der Waals surface area contributed by atoms with Crippen molar-refractivity contribution in [3.8, 4) is 28.3 Å². The summed E-state index contributed by atoms with van der Waals surface area (Å²) in [6.45, 7) is 0. The second-order valence-electron chi connectivity index (χ2n) is 15.0. The molecule has 0 spiro atoms. The number of nitrogens with zero attached hydrogens (tertiary/aromatic N) is 4. The molecule has 9 aromatic carbocycles. The normalized spacial score (nSPS) is 12.3. The van der Waals surface area contributed by atoms with Gasteiger partial charge in [-0.1, -0.05) is 133 Å². The maximum absolute atomic E-state index is 5.51. The van der Waals surface area contributed by atoms with Gasteiger partial charge in [0.1, 0.15) is 0 Å². The Morgan fingerprint density at radius 3 is 1.62 bits per heavy atom. The monoisotopic (exact) mass is 710 g/mol. The molecule has 258 valence electrons. The zero-order valence-electron chi connectivity index (χ0n) is 30.1. The van der Waals surface area contributed by atoms with Crippen molar-refractivity contribution >= 4 is 92.3 Å². The van der Waals surface area contributed by atoms with Gasteiger partial charge in [0.15, 0.2) is 0 Å². The van der Waals surface area contributed by atoms with Crippen LogP contribution in [-0.4, -0.2) is 18.9 Å². The van der Waals surface area contributed by atoms with E-state index >= 15 is 0 Å². The van der Waals surface area contributed by atoms with Gasteiger partial charge in [-0.05, 0) is 75.8 Å². The van der Waals surface area contributed by atoms with Crippen LogP contribution >= 0.6 is 0 Å². The fraction of sp³-hybridized carbons (Fsp3) is 0. The number of hydrogen-bond acceptors (Lipinski definition) is 2. The Kier molecular flexibility index (Phi) is 5.86. The average molecular weight is 711 g/mol. The molecule has 4 heterocycles. The van der Waals surface area contributed by atoms with Crippen molar-refractivity contribution in [2.24, 2.45) is 0 Å². The number of rotatable bonds is 3. The first-order chi connectivity index (χ1) is 27.8. The van der Waals surface area contributed by atoms with E-state index in [4.69, 9.17) is 9.97 Å². The number of benzene rings is 9. The lowest BCUT2D eigenvalue weighted by molar-refractivity contribution is 1.02. The molecule has 4 aromatic heterocycles. The van der Waals surface area contributed by atoms with E-state index in [1.807, 2.05) is 0 Å². The van der Waals surface area contributed by atoms with Crippen LogP contribution in [0.4, 0.5) is 0 Å². The average Bonchev–Trinajstić information content (AvgIpc) is 3.90. The van der Waals surface area contributed by atoms with Gasteiger partial charge in [-0.2, -0.15) is 0 Å². The Morgan fingerprint density at radius 1 is 0.339 bits per heavy atom. The molecule has 0 aliphatic carbocycles. The highest BCUT2D eigenvalue weighted by atomic mass is 15.2. The Labute approximate surface area is 320 Å². The lowest BCUT2D eigenvalue weighted by atomic mass is 9.97. The Bertz CT molecular complexity index is 3690. The minimum Gasteiger partial charge on any atom is -0.308 e. The van der Waals surface area contributed by atoms with Crippen molar-refractivity contribution in [2.45, 2.75) is 0 Å². The molecule has 4 heteroatoms. The zero-order chi connectivity index (χ0) is 36.5. The predicted molar refractivity (Wildman–Crippen MR) is 234 cm³/mol. The summed E-state index contributed by atoms with van der Waals surface area (Å²) >= 11 is 0. The molecule has 0 aliphatic rings. The molecular weight excluding hydrogens is 681 g/mol. The largest absolute Gasteiger partial charge is 0.308 e. The molecule has 13 aromatic rings. The van der Waals surface area contributed by atoms with Gasteiger partial charge in [0.25, 0.3) is 0 Å². The molecule has 0 unspecified atom stereocenters. The second-order valence-corrected chi connectivity index (χ2v) is 15.0. The lowest BCUT2D eigenvalue weighted by Gasteiger charge is -2.14. The molecule has 0 atom stereocenters. The third-order valence-corrected chi connectivity index (χ3v) is 12.0. The summed E-state index contributed by atoms with van der Waals surface area (Å²) in [5.74, 6) is 0.662. The summed E-state index contributed by atoms with van der Waals surface area (Å²) < 4.78 is 4.70. The van der Waals surface area contributed by atoms with Crippen LogP contribution in [-0.2, 0) is 0 Å². The first-order valence-electron chi connectivity index (χ1n) is 19.2. The summed E-state index contributed by atoms with van der Waals surface area (Å²) in [5.41, 5.74) is 11.3. The zero-order valence-corrected chi connectivity index (χ0v) is 30.1. The first kappa shape index (κ1) is 29.8. The predicted octanol–water partition coefficient (Wildman–Crippen LogP) is 13.5. The van der Waals surface area contributed by atoms with Gasteiger partial charge in [0.2, 0.25) is 5.95 Å². The third kappa shape index (κ3) is 3.97. The summed E-state index contributed by atoms with van der Waals surface area (Å²) in [4.78, 5) is 11.0. The van der Waals surface area contributed by atoms with Crippen molar-refractivity contribution in [2.75, 3.05) is 0 Å². The maximum Gasteiger partial charge on any atom is 0.235 e. The SMILES string of the molecule is c1ccc2c(-c3nc(-n4c5ccccc5c5cc(-c6cc7c8ccccc8n8c9ccccc9c(c6)c78)ccc54)nc4c3ccc3ccccc34)cccc2c1. The van der Waals surface area contributed by atoms with Crippen LogP contribution in [0.1, 0.15) is 0 Å². The van der Waals surface area contributed by atoms with E-state index in [0.29, 0.717) is 5.95 Å². The number of aromatic nitrogens is 4. The molecule has 13 rings (SSSR count). The standard InChI is InChI=1S/C52H30N4/c1-3-15-35-31(12-1)14-11-20-40(35)50-41-26-24-32-13-2-4-16-36(32)49(41)53-52(54-50)56-47-23-10-5-17-37(47)42-28-33(25-27-48(42)56)34-29-43-38-18-6-8-21-45(38)55-46-22-9-7-19-39(46)44(30-34)51(43)55/h1-30H. The molecule has 0 saturated carbocycles. The smallest absolute Gasteiger partial charge is 0.235 e. The van der Waals surface area contributed by atoms with Crippen LogP contribution in [0.15, 0.2) is 182 Å². The van der Waals surface area contributed by atoms with Crippen LogP contribution in [0, 0.1) is 0 Å². The molecule has 4 nitrogen and oxygen atoms in total. The number of hydrogen-bond donors (Lipinski definition) is 0. The topological polar surface area (TPSA) is 35.1 Å². The highest BCUT2D eigenvalue weighted by Gasteiger charge is 2.22. The molecule has 0 fully saturated rings. The molecule has 0 amide bonds. The molecule has 0 bridgehead atoms.